The maximum Gasteiger partial charge on any atom is 0.405 e. The number of carbonyl (C=O) groups excluding carboxylic acids is 1. The number of nitrogens with zero attached hydrogens (tertiary/aromatic N) is 2. The lowest BCUT2D eigenvalue weighted by atomic mass is 10.0. The molecular weight excluding hydrogens is 314 g/mol. The number of nitrogens with one attached hydrogen (secondary N) is 1. The van der Waals surface area contributed by atoms with Crippen LogP contribution in [0.4, 0.5) is 16.2 Å². The van der Waals surface area contributed by atoms with Gasteiger partial charge in [-0.15, -0.1) is 0 Å². The number of aryl methyl sites for hydroxylation is 1. The maximum atomic E-state index is 11.5. The van der Waals surface area contributed by atoms with Crippen molar-refractivity contribution in [1.29, 1.82) is 0 Å². The van der Waals surface area contributed by atoms with Crippen LogP contribution in [0, 0.1) is 27.2 Å². The third-order valence-electron chi connectivity index (χ3n) is 2.94. The van der Waals surface area contributed by atoms with Gasteiger partial charge in [-0.25, -0.2) is 9.59 Å². The zero-order valence-electron chi connectivity index (χ0n) is 12.1. The van der Waals surface area contributed by atoms with Gasteiger partial charge in [0.2, 0.25) is 0 Å². The van der Waals surface area contributed by atoms with Gasteiger partial charge in [0.15, 0.2) is 0 Å². The van der Waals surface area contributed by atoms with E-state index in [1.165, 1.54) is 13.0 Å². The van der Waals surface area contributed by atoms with Crippen LogP contribution in [0.15, 0.2) is 12.1 Å². The first-order valence-electron chi connectivity index (χ1n) is 6.17. The van der Waals surface area contributed by atoms with Crippen LogP contribution in [-0.4, -0.2) is 40.2 Å². The Labute approximate surface area is 129 Å². The number of carboxylic acid groups (broad SMARTS) is 1. The molecule has 0 radical (unpaired) electrons. The molecule has 0 fully saturated rings. The Balaban J connectivity index is 3.27. The predicted molar refractivity (Wildman–Crippen MR) is 75.2 cm³/mol. The average Bonchev–Trinajstić information content (AvgIpc) is 2.43. The van der Waals surface area contributed by atoms with Crippen LogP contribution in [0.25, 0.3) is 0 Å². The van der Waals surface area contributed by atoms with Gasteiger partial charge in [-0.3, -0.25) is 20.2 Å². The van der Waals surface area contributed by atoms with E-state index in [2.05, 4.69) is 4.74 Å². The van der Waals surface area contributed by atoms with E-state index in [4.69, 9.17) is 5.11 Å². The smallest absolute Gasteiger partial charge is 0.405 e. The van der Waals surface area contributed by atoms with E-state index in [0.717, 1.165) is 13.2 Å². The van der Waals surface area contributed by atoms with Crippen molar-refractivity contribution in [3.63, 3.8) is 0 Å². The van der Waals surface area contributed by atoms with Gasteiger partial charge >= 0.3 is 23.4 Å². The van der Waals surface area contributed by atoms with Crippen LogP contribution >= 0.6 is 0 Å². The molecule has 0 spiro atoms. The molecule has 1 rings (SSSR count). The Kier molecular flexibility index (Phi) is 5.54. The molecule has 124 valence electrons. The first-order valence-corrected chi connectivity index (χ1v) is 6.17. The number of carbonyl (C=O) groups is 2. The number of ether oxygens (including phenoxy) is 1. The van der Waals surface area contributed by atoms with Crippen molar-refractivity contribution in [3.8, 4) is 0 Å². The van der Waals surface area contributed by atoms with Crippen molar-refractivity contribution in [2.75, 3.05) is 7.11 Å². The van der Waals surface area contributed by atoms with Crippen molar-refractivity contribution in [2.45, 2.75) is 19.4 Å². The van der Waals surface area contributed by atoms with E-state index >= 15 is 0 Å². The van der Waals surface area contributed by atoms with Gasteiger partial charge < -0.3 is 15.2 Å². The van der Waals surface area contributed by atoms with Crippen LogP contribution in [0.3, 0.4) is 0 Å². The predicted octanol–water partition coefficient (Wildman–Crippen LogP) is 1.16. The molecule has 2 N–H and O–H groups in total. The second-order valence-electron chi connectivity index (χ2n) is 4.52. The van der Waals surface area contributed by atoms with Crippen molar-refractivity contribution in [2.24, 2.45) is 0 Å². The monoisotopic (exact) mass is 327 g/mol. The molecule has 11 heteroatoms. The lowest BCUT2D eigenvalue weighted by Gasteiger charge is -2.14. The molecular formula is C12H13N3O8. The zero-order valence-corrected chi connectivity index (χ0v) is 12.1. The van der Waals surface area contributed by atoms with Gasteiger partial charge in [0, 0.05) is 18.1 Å². The topological polar surface area (TPSA) is 162 Å². The molecule has 0 saturated carbocycles. The summed E-state index contributed by atoms with van der Waals surface area (Å²) in [5, 5.41) is 32.5. The van der Waals surface area contributed by atoms with Crippen LogP contribution in [0.2, 0.25) is 0 Å². The fourth-order valence-electron chi connectivity index (χ4n) is 2.05. The van der Waals surface area contributed by atoms with E-state index in [0.29, 0.717) is 0 Å². The Hall–Kier alpha value is -3.24. The highest BCUT2D eigenvalue weighted by Crippen LogP contribution is 2.32. The summed E-state index contributed by atoms with van der Waals surface area (Å²) in [5.74, 6) is -0.883. The molecule has 0 saturated heterocycles. The van der Waals surface area contributed by atoms with Gasteiger partial charge in [0.1, 0.15) is 6.04 Å². The van der Waals surface area contributed by atoms with E-state index in [9.17, 15) is 29.8 Å². The van der Waals surface area contributed by atoms with E-state index in [1.54, 1.807) is 0 Å². The molecule has 0 aliphatic carbocycles. The molecule has 1 amide bonds. The summed E-state index contributed by atoms with van der Waals surface area (Å²) in [5.41, 5.74) is -1.18. The fourth-order valence-corrected chi connectivity index (χ4v) is 2.05. The Bertz CT molecular complexity index is 673. The molecule has 1 aromatic carbocycles. The number of hydrogen-bond donors (Lipinski definition) is 2. The number of esters is 1. The molecule has 0 aliphatic rings. The summed E-state index contributed by atoms with van der Waals surface area (Å²) in [6.07, 6.45) is -1.73. The molecule has 11 nitrogen and oxygen atoms in total. The van der Waals surface area contributed by atoms with Crippen molar-refractivity contribution in [1.82, 2.24) is 5.32 Å². The first-order chi connectivity index (χ1) is 10.7. The second kappa shape index (κ2) is 7.15. The summed E-state index contributed by atoms with van der Waals surface area (Å²) in [4.78, 5) is 42.4. The number of methoxy groups -OCH3 is 1. The van der Waals surface area contributed by atoms with Crippen molar-refractivity contribution >= 4 is 23.4 Å². The summed E-state index contributed by atoms with van der Waals surface area (Å²) < 4.78 is 4.45. The van der Waals surface area contributed by atoms with Gasteiger partial charge in [-0.1, -0.05) is 0 Å². The Morgan fingerprint density at radius 3 is 2.35 bits per heavy atom. The Morgan fingerprint density at radius 1 is 1.30 bits per heavy atom. The van der Waals surface area contributed by atoms with Crippen molar-refractivity contribution in [3.05, 3.63) is 43.5 Å². The normalized spacial score (nSPS) is 11.4. The molecule has 0 bridgehead atoms. The summed E-state index contributed by atoms with van der Waals surface area (Å²) >= 11 is 0. The summed E-state index contributed by atoms with van der Waals surface area (Å²) in [6, 6.07) is 0.924. The quantitative estimate of drug-likeness (QED) is 0.446. The summed E-state index contributed by atoms with van der Waals surface area (Å²) in [6.45, 7) is 1.31. The van der Waals surface area contributed by atoms with E-state index in [-0.39, 0.29) is 17.5 Å². The highest BCUT2D eigenvalue weighted by atomic mass is 16.6. The molecule has 0 aromatic heterocycles. The molecule has 1 atom stereocenters. The minimum atomic E-state index is -1.48. The first kappa shape index (κ1) is 17.8. The fraction of sp³-hybridized carbons (Fsp3) is 0.333. The van der Waals surface area contributed by atoms with Crippen LogP contribution in [0.1, 0.15) is 11.1 Å². The average molecular weight is 327 g/mol. The third-order valence-corrected chi connectivity index (χ3v) is 2.94. The highest BCUT2D eigenvalue weighted by Gasteiger charge is 2.29. The number of amides is 1. The lowest BCUT2D eigenvalue weighted by molar-refractivity contribution is -0.422. The molecule has 0 unspecified atom stereocenters. The standard InChI is InChI=1S/C12H13N3O8/c1-6-3-7(4-8(11(16)23-2)13-12(17)18)5-9(14(19)20)10(6)15(21)22/h3,5,8,13H,4H2,1-2H3,(H,17,18)/t8-/m1/s1. The van der Waals surface area contributed by atoms with Crippen molar-refractivity contribution < 1.29 is 29.3 Å². The number of nitro benzene ring substituents is 2. The number of rotatable bonds is 6. The lowest BCUT2D eigenvalue weighted by Crippen LogP contribution is -2.42. The van der Waals surface area contributed by atoms with Gasteiger partial charge in [-0.2, -0.15) is 0 Å². The van der Waals surface area contributed by atoms with Gasteiger partial charge in [-0.05, 0) is 18.6 Å². The Morgan fingerprint density at radius 2 is 1.91 bits per heavy atom. The van der Waals surface area contributed by atoms with E-state index in [1.807, 2.05) is 5.32 Å². The number of hydrogen-bond acceptors (Lipinski definition) is 7. The number of nitro groups is 2. The molecule has 0 heterocycles. The van der Waals surface area contributed by atoms with Gasteiger partial charge in [0.05, 0.1) is 17.0 Å². The highest BCUT2D eigenvalue weighted by molar-refractivity contribution is 5.81. The molecule has 23 heavy (non-hydrogen) atoms. The second-order valence-corrected chi connectivity index (χ2v) is 4.52. The molecule has 1 aromatic rings. The third kappa shape index (κ3) is 4.36. The molecule has 0 aliphatic heterocycles. The largest absolute Gasteiger partial charge is 0.467 e. The summed E-state index contributed by atoms with van der Waals surface area (Å²) in [7, 11) is 1.06. The number of benzene rings is 1. The van der Waals surface area contributed by atoms with E-state index < -0.39 is 39.3 Å². The van der Waals surface area contributed by atoms with Crippen LogP contribution in [0.5, 0.6) is 0 Å². The van der Waals surface area contributed by atoms with Gasteiger partial charge in [0.25, 0.3) is 0 Å². The van der Waals surface area contributed by atoms with Crippen LogP contribution < -0.4 is 5.32 Å². The SMILES string of the molecule is COC(=O)[C@@H](Cc1cc(C)c([N+](=O)[O-])c([N+](=O)[O-])c1)NC(=O)O. The minimum Gasteiger partial charge on any atom is -0.467 e. The maximum absolute atomic E-state index is 11.5. The minimum absolute atomic E-state index is 0.0261. The van der Waals surface area contributed by atoms with Crippen LogP contribution in [-0.2, 0) is 16.0 Å². The zero-order chi connectivity index (χ0) is 17.7.